The molecule has 0 bridgehead atoms. The average molecular weight is 354 g/mol. The summed E-state index contributed by atoms with van der Waals surface area (Å²) in [4.78, 5) is 25.7. The van der Waals surface area contributed by atoms with Gasteiger partial charge in [0.15, 0.2) is 0 Å². The van der Waals surface area contributed by atoms with E-state index in [0.717, 1.165) is 16.9 Å². The molecule has 136 valence electrons. The Morgan fingerprint density at radius 2 is 2.08 bits per heavy atom. The second kappa shape index (κ2) is 7.47. The van der Waals surface area contributed by atoms with Crippen LogP contribution in [0.4, 0.5) is 10.5 Å². The average Bonchev–Trinajstić information content (AvgIpc) is 3.01. The Hall–Kier alpha value is -3.02. The molecule has 1 heterocycles. The van der Waals surface area contributed by atoms with Crippen LogP contribution < -0.4 is 10.1 Å². The predicted octanol–water partition coefficient (Wildman–Crippen LogP) is 3.46. The number of ether oxygens (including phenoxy) is 2. The van der Waals surface area contributed by atoms with Gasteiger partial charge in [-0.1, -0.05) is 18.2 Å². The van der Waals surface area contributed by atoms with Crippen LogP contribution in [0.1, 0.15) is 28.4 Å². The summed E-state index contributed by atoms with van der Waals surface area (Å²) in [5, 5.41) is 2.87. The molecular weight excluding hydrogens is 332 g/mol. The lowest BCUT2D eigenvalue weighted by molar-refractivity contribution is 0.0535. The van der Waals surface area contributed by atoms with Crippen molar-refractivity contribution >= 4 is 17.7 Å². The monoisotopic (exact) mass is 354 g/mol. The highest BCUT2D eigenvalue weighted by atomic mass is 16.5. The zero-order chi connectivity index (χ0) is 18.7. The van der Waals surface area contributed by atoms with Gasteiger partial charge in [0, 0.05) is 24.3 Å². The minimum atomic E-state index is -0.319. The van der Waals surface area contributed by atoms with Crippen LogP contribution in [0.2, 0.25) is 0 Å². The van der Waals surface area contributed by atoms with Crippen molar-refractivity contribution in [3.05, 3.63) is 59.2 Å². The Morgan fingerprint density at radius 1 is 1.31 bits per heavy atom. The SMILES string of the molecule is COc1ccccc1C[C@H](C)N(C)C(=O)Nc1ccc2c(c1)COC2=O. The molecule has 2 aromatic rings. The van der Waals surface area contributed by atoms with Crippen LogP contribution in [0, 0.1) is 0 Å². The van der Waals surface area contributed by atoms with E-state index in [9.17, 15) is 9.59 Å². The van der Waals surface area contributed by atoms with Crippen LogP contribution in [0.3, 0.4) is 0 Å². The highest BCUT2D eigenvalue weighted by Crippen LogP contribution is 2.24. The number of anilines is 1. The largest absolute Gasteiger partial charge is 0.496 e. The van der Waals surface area contributed by atoms with E-state index in [-0.39, 0.29) is 24.6 Å². The topological polar surface area (TPSA) is 67.9 Å². The van der Waals surface area contributed by atoms with Gasteiger partial charge in [-0.05, 0) is 43.2 Å². The van der Waals surface area contributed by atoms with E-state index < -0.39 is 0 Å². The highest BCUT2D eigenvalue weighted by Gasteiger charge is 2.22. The number of fused-ring (bicyclic) bond motifs is 1. The minimum absolute atomic E-state index is 0.0226. The summed E-state index contributed by atoms with van der Waals surface area (Å²) in [6.07, 6.45) is 0.681. The van der Waals surface area contributed by atoms with Crippen LogP contribution in [0.5, 0.6) is 5.75 Å². The number of carbonyl (C=O) groups is 2. The van der Waals surface area contributed by atoms with E-state index in [2.05, 4.69) is 5.32 Å². The number of benzene rings is 2. The molecule has 2 amide bonds. The molecule has 0 spiro atoms. The van der Waals surface area contributed by atoms with Crippen molar-refractivity contribution in [2.75, 3.05) is 19.5 Å². The first kappa shape index (κ1) is 17.8. The van der Waals surface area contributed by atoms with Gasteiger partial charge in [0.2, 0.25) is 0 Å². The fraction of sp³-hybridized carbons (Fsp3) is 0.300. The third-order valence-corrected chi connectivity index (χ3v) is 4.62. The number of methoxy groups -OCH3 is 1. The molecule has 1 aliphatic heterocycles. The number of amides is 2. The van der Waals surface area contributed by atoms with E-state index in [1.54, 1.807) is 37.3 Å². The second-order valence-corrected chi connectivity index (χ2v) is 6.35. The number of para-hydroxylation sites is 1. The van der Waals surface area contributed by atoms with E-state index in [1.807, 2.05) is 31.2 Å². The number of carbonyl (C=O) groups excluding carboxylic acids is 2. The molecule has 3 rings (SSSR count). The number of rotatable bonds is 5. The number of nitrogens with one attached hydrogen (secondary N) is 1. The summed E-state index contributed by atoms with van der Waals surface area (Å²) < 4.78 is 10.4. The van der Waals surface area contributed by atoms with Gasteiger partial charge >= 0.3 is 12.0 Å². The zero-order valence-corrected chi connectivity index (χ0v) is 15.1. The van der Waals surface area contributed by atoms with E-state index in [1.165, 1.54) is 0 Å². The molecule has 0 radical (unpaired) electrons. The predicted molar refractivity (Wildman–Crippen MR) is 98.5 cm³/mol. The van der Waals surface area contributed by atoms with Crippen LogP contribution in [0.15, 0.2) is 42.5 Å². The van der Waals surface area contributed by atoms with Crippen LogP contribution in [-0.2, 0) is 17.8 Å². The first-order valence-electron chi connectivity index (χ1n) is 8.45. The van der Waals surface area contributed by atoms with Gasteiger partial charge in [-0.2, -0.15) is 0 Å². The number of cyclic esters (lactones) is 1. The first-order chi connectivity index (χ1) is 12.5. The summed E-state index contributed by atoms with van der Waals surface area (Å²) in [6, 6.07) is 12.7. The molecule has 2 aromatic carbocycles. The molecule has 0 fully saturated rings. The lowest BCUT2D eigenvalue weighted by Crippen LogP contribution is -2.39. The van der Waals surface area contributed by atoms with Gasteiger partial charge in [-0.25, -0.2) is 9.59 Å². The summed E-state index contributed by atoms with van der Waals surface area (Å²) in [7, 11) is 3.40. The van der Waals surface area contributed by atoms with Gasteiger partial charge in [0.25, 0.3) is 0 Å². The standard InChI is InChI=1S/C20H22N2O4/c1-13(10-14-6-4-5-7-18(14)25-3)22(2)20(24)21-16-8-9-17-15(11-16)12-26-19(17)23/h4-9,11,13H,10,12H2,1-3H3,(H,21,24)/t13-/m0/s1. The van der Waals surface area contributed by atoms with Crippen LogP contribution in [0.25, 0.3) is 0 Å². The van der Waals surface area contributed by atoms with Crippen molar-refractivity contribution < 1.29 is 19.1 Å². The Labute approximate surface area is 152 Å². The molecule has 1 aliphatic rings. The van der Waals surface area contributed by atoms with Crippen molar-refractivity contribution in [2.24, 2.45) is 0 Å². The van der Waals surface area contributed by atoms with E-state index in [0.29, 0.717) is 17.7 Å². The maximum Gasteiger partial charge on any atom is 0.338 e. The molecule has 0 aliphatic carbocycles. The number of hydrogen-bond donors (Lipinski definition) is 1. The molecule has 1 atom stereocenters. The van der Waals surface area contributed by atoms with E-state index >= 15 is 0 Å². The van der Waals surface area contributed by atoms with Gasteiger partial charge in [-0.3, -0.25) is 0 Å². The Bertz CT molecular complexity index is 834. The highest BCUT2D eigenvalue weighted by molar-refractivity contribution is 5.95. The summed E-state index contributed by atoms with van der Waals surface area (Å²) in [5.41, 5.74) is 3.04. The maximum absolute atomic E-state index is 12.5. The summed E-state index contributed by atoms with van der Waals surface area (Å²) in [6.45, 7) is 2.24. The number of likely N-dealkylation sites (N-methyl/N-ethyl adjacent to an activating group) is 1. The molecule has 26 heavy (non-hydrogen) atoms. The van der Waals surface area contributed by atoms with Crippen LogP contribution in [-0.4, -0.2) is 37.1 Å². The lowest BCUT2D eigenvalue weighted by Gasteiger charge is -2.26. The Balaban J connectivity index is 1.65. The fourth-order valence-electron chi connectivity index (χ4n) is 2.95. The molecule has 1 N–H and O–H groups in total. The maximum atomic E-state index is 12.5. The summed E-state index contributed by atoms with van der Waals surface area (Å²) >= 11 is 0. The third-order valence-electron chi connectivity index (χ3n) is 4.62. The molecular formula is C20H22N2O4. The number of nitrogens with zero attached hydrogens (tertiary/aromatic N) is 1. The Morgan fingerprint density at radius 3 is 2.85 bits per heavy atom. The van der Waals surface area contributed by atoms with Crippen LogP contribution >= 0.6 is 0 Å². The van der Waals surface area contributed by atoms with Crippen molar-refractivity contribution in [3.8, 4) is 5.75 Å². The number of urea groups is 1. The molecule has 0 saturated heterocycles. The van der Waals surface area contributed by atoms with Gasteiger partial charge < -0.3 is 19.7 Å². The molecule has 0 saturated carbocycles. The lowest BCUT2D eigenvalue weighted by atomic mass is 10.1. The second-order valence-electron chi connectivity index (χ2n) is 6.35. The fourth-order valence-corrected chi connectivity index (χ4v) is 2.95. The first-order valence-corrected chi connectivity index (χ1v) is 8.45. The van der Waals surface area contributed by atoms with Crippen molar-refractivity contribution in [2.45, 2.75) is 26.0 Å². The Kier molecular flexibility index (Phi) is 5.11. The van der Waals surface area contributed by atoms with Gasteiger partial charge in [-0.15, -0.1) is 0 Å². The molecule has 6 nitrogen and oxygen atoms in total. The summed E-state index contributed by atoms with van der Waals surface area (Å²) in [5.74, 6) is 0.497. The third kappa shape index (κ3) is 3.64. The van der Waals surface area contributed by atoms with Gasteiger partial charge in [0.1, 0.15) is 12.4 Å². The van der Waals surface area contributed by atoms with Gasteiger partial charge in [0.05, 0.1) is 12.7 Å². The number of esters is 1. The molecule has 0 unspecified atom stereocenters. The quantitative estimate of drug-likeness (QED) is 0.835. The van der Waals surface area contributed by atoms with Crippen molar-refractivity contribution in [1.82, 2.24) is 4.90 Å². The smallest absolute Gasteiger partial charge is 0.338 e. The number of hydrogen-bond acceptors (Lipinski definition) is 4. The molecule has 0 aromatic heterocycles. The zero-order valence-electron chi connectivity index (χ0n) is 15.1. The van der Waals surface area contributed by atoms with Crippen molar-refractivity contribution in [3.63, 3.8) is 0 Å². The van der Waals surface area contributed by atoms with Crippen molar-refractivity contribution in [1.29, 1.82) is 0 Å². The minimum Gasteiger partial charge on any atom is -0.496 e. The normalized spacial score (nSPS) is 13.6. The molecule has 6 heteroatoms. The van der Waals surface area contributed by atoms with E-state index in [4.69, 9.17) is 9.47 Å².